The second kappa shape index (κ2) is 7.65. The zero-order valence-electron chi connectivity index (χ0n) is 13.0. The van der Waals surface area contributed by atoms with E-state index >= 15 is 0 Å². The van der Waals surface area contributed by atoms with Gasteiger partial charge < -0.3 is 24.4 Å². The second-order valence-electron chi connectivity index (χ2n) is 5.41. The van der Waals surface area contributed by atoms with Gasteiger partial charge in [-0.2, -0.15) is 0 Å². The van der Waals surface area contributed by atoms with E-state index in [0.29, 0.717) is 47.8 Å². The van der Waals surface area contributed by atoms with E-state index < -0.39 is 5.97 Å². The molecule has 23 heavy (non-hydrogen) atoms. The summed E-state index contributed by atoms with van der Waals surface area (Å²) in [6, 6.07) is 3.21. The highest BCUT2D eigenvalue weighted by Gasteiger charge is 2.23. The number of carboxylic acids is 1. The third kappa shape index (κ3) is 4.59. The standard InChI is InChI=1S/C15H19BrN2O5/c1-17(2)3-4-18(9-13(19)20)15(21)10-7-11(16)14-12(8-10)22-5-6-23-14/h7-8H,3-6,9H2,1-2H3,(H,19,20). The average molecular weight is 387 g/mol. The Morgan fingerprint density at radius 3 is 2.57 bits per heavy atom. The molecule has 0 aromatic heterocycles. The molecule has 1 aliphatic heterocycles. The van der Waals surface area contributed by atoms with Crippen molar-refractivity contribution in [3.8, 4) is 11.5 Å². The first-order valence-corrected chi connectivity index (χ1v) is 7.92. The fourth-order valence-corrected chi connectivity index (χ4v) is 2.71. The molecule has 8 heteroatoms. The smallest absolute Gasteiger partial charge is 0.323 e. The van der Waals surface area contributed by atoms with Crippen LogP contribution in [0.4, 0.5) is 0 Å². The predicted octanol–water partition coefficient (Wildman–Crippen LogP) is 1.31. The van der Waals surface area contributed by atoms with Crippen LogP contribution in [0.5, 0.6) is 11.5 Å². The molecule has 1 heterocycles. The summed E-state index contributed by atoms with van der Waals surface area (Å²) in [6.07, 6.45) is 0. The van der Waals surface area contributed by atoms with Crippen molar-refractivity contribution < 1.29 is 24.2 Å². The van der Waals surface area contributed by atoms with E-state index in [2.05, 4.69) is 15.9 Å². The molecule has 0 unspecified atom stereocenters. The van der Waals surface area contributed by atoms with E-state index in [1.54, 1.807) is 12.1 Å². The summed E-state index contributed by atoms with van der Waals surface area (Å²) in [4.78, 5) is 26.9. The molecular weight excluding hydrogens is 368 g/mol. The van der Waals surface area contributed by atoms with Gasteiger partial charge in [0.15, 0.2) is 11.5 Å². The maximum absolute atomic E-state index is 12.7. The number of benzene rings is 1. The summed E-state index contributed by atoms with van der Waals surface area (Å²) < 4.78 is 11.6. The highest BCUT2D eigenvalue weighted by Crippen LogP contribution is 2.38. The van der Waals surface area contributed by atoms with Gasteiger partial charge in [0.2, 0.25) is 0 Å². The number of nitrogens with zero attached hydrogens (tertiary/aromatic N) is 2. The van der Waals surface area contributed by atoms with E-state index in [-0.39, 0.29) is 12.5 Å². The van der Waals surface area contributed by atoms with Crippen LogP contribution in [-0.4, -0.2) is 73.7 Å². The van der Waals surface area contributed by atoms with Gasteiger partial charge in [0.25, 0.3) is 5.91 Å². The monoisotopic (exact) mass is 386 g/mol. The molecule has 0 saturated heterocycles. The second-order valence-corrected chi connectivity index (χ2v) is 6.26. The van der Waals surface area contributed by atoms with Crippen LogP contribution in [-0.2, 0) is 4.79 Å². The zero-order valence-corrected chi connectivity index (χ0v) is 14.6. The van der Waals surface area contributed by atoms with Gasteiger partial charge in [-0.05, 0) is 42.2 Å². The number of carbonyl (C=O) groups is 2. The summed E-state index contributed by atoms with van der Waals surface area (Å²) >= 11 is 3.36. The summed E-state index contributed by atoms with van der Waals surface area (Å²) in [5.74, 6) is -0.358. The van der Waals surface area contributed by atoms with Crippen molar-refractivity contribution in [1.82, 2.24) is 9.80 Å². The molecule has 0 saturated carbocycles. The number of hydrogen-bond acceptors (Lipinski definition) is 5. The number of carbonyl (C=O) groups excluding carboxylic acids is 1. The molecule has 1 aromatic rings. The van der Waals surface area contributed by atoms with E-state index in [9.17, 15) is 9.59 Å². The molecule has 0 bridgehead atoms. The number of likely N-dealkylation sites (N-methyl/N-ethyl adjacent to an activating group) is 1. The molecule has 0 aliphatic carbocycles. The van der Waals surface area contributed by atoms with Crippen molar-refractivity contribution in [1.29, 1.82) is 0 Å². The van der Waals surface area contributed by atoms with Crippen LogP contribution in [0.25, 0.3) is 0 Å². The number of aliphatic carboxylic acids is 1. The van der Waals surface area contributed by atoms with Crippen LogP contribution in [0.1, 0.15) is 10.4 Å². The fraction of sp³-hybridized carbons (Fsp3) is 0.467. The first kappa shape index (κ1) is 17.6. The average Bonchev–Trinajstić information content (AvgIpc) is 2.50. The highest BCUT2D eigenvalue weighted by atomic mass is 79.9. The van der Waals surface area contributed by atoms with E-state index in [4.69, 9.17) is 14.6 Å². The van der Waals surface area contributed by atoms with E-state index in [1.807, 2.05) is 19.0 Å². The Balaban J connectivity index is 2.24. The fourth-order valence-electron chi connectivity index (χ4n) is 2.15. The molecule has 1 N–H and O–H groups in total. The summed E-state index contributed by atoms with van der Waals surface area (Å²) in [6.45, 7) is 1.41. The Bertz CT molecular complexity index is 606. The SMILES string of the molecule is CN(C)CCN(CC(=O)O)C(=O)c1cc(Br)c2c(c1)OCCO2. The van der Waals surface area contributed by atoms with Gasteiger partial charge in [-0.1, -0.05) is 0 Å². The normalized spacial score (nSPS) is 13.0. The predicted molar refractivity (Wildman–Crippen MR) is 87.2 cm³/mol. The Labute approximate surface area is 142 Å². The van der Waals surface area contributed by atoms with Crippen molar-refractivity contribution >= 4 is 27.8 Å². The minimum absolute atomic E-state index is 0.324. The van der Waals surface area contributed by atoms with Crippen LogP contribution in [0.15, 0.2) is 16.6 Å². The van der Waals surface area contributed by atoms with Crippen molar-refractivity contribution in [2.45, 2.75) is 0 Å². The van der Waals surface area contributed by atoms with Gasteiger partial charge in [-0.15, -0.1) is 0 Å². The minimum atomic E-state index is -1.05. The third-order valence-corrected chi connectivity index (χ3v) is 3.86. The molecular formula is C15H19BrN2O5. The van der Waals surface area contributed by atoms with Gasteiger partial charge in [-0.25, -0.2) is 0 Å². The lowest BCUT2D eigenvalue weighted by atomic mass is 10.1. The number of ether oxygens (including phenoxy) is 2. The Morgan fingerprint density at radius 2 is 1.91 bits per heavy atom. The number of hydrogen-bond donors (Lipinski definition) is 1. The molecule has 0 fully saturated rings. The van der Waals surface area contributed by atoms with Crippen molar-refractivity contribution in [3.05, 3.63) is 22.2 Å². The lowest BCUT2D eigenvalue weighted by Crippen LogP contribution is -2.40. The molecule has 0 spiro atoms. The summed E-state index contributed by atoms with van der Waals surface area (Å²) in [5, 5.41) is 9.03. The minimum Gasteiger partial charge on any atom is -0.486 e. The lowest BCUT2D eigenvalue weighted by Gasteiger charge is -2.24. The largest absolute Gasteiger partial charge is 0.486 e. The van der Waals surface area contributed by atoms with Crippen molar-refractivity contribution in [3.63, 3.8) is 0 Å². The molecule has 1 aromatic carbocycles. The first-order valence-electron chi connectivity index (χ1n) is 7.13. The summed E-state index contributed by atoms with van der Waals surface area (Å²) in [5.41, 5.74) is 0.362. The number of amides is 1. The van der Waals surface area contributed by atoms with Crippen LogP contribution in [0.3, 0.4) is 0 Å². The summed E-state index contributed by atoms with van der Waals surface area (Å²) in [7, 11) is 3.73. The Kier molecular flexibility index (Phi) is 5.84. The van der Waals surface area contributed by atoms with Gasteiger partial charge >= 0.3 is 5.97 Å². The molecule has 0 radical (unpaired) electrons. The molecule has 7 nitrogen and oxygen atoms in total. The first-order chi connectivity index (χ1) is 10.9. The van der Waals surface area contributed by atoms with Gasteiger partial charge in [0, 0.05) is 18.7 Å². The van der Waals surface area contributed by atoms with Gasteiger partial charge in [0.05, 0.1) is 4.47 Å². The molecule has 2 rings (SSSR count). The Hall–Kier alpha value is -1.80. The quantitative estimate of drug-likeness (QED) is 0.793. The van der Waals surface area contributed by atoms with Gasteiger partial charge in [0.1, 0.15) is 19.8 Å². The molecule has 1 aliphatic rings. The zero-order chi connectivity index (χ0) is 17.0. The van der Waals surface area contributed by atoms with Crippen molar-refractivity contribution in [2.75, 3.05) is 46.9 Å². The molecule has 0 atom stereocenters. The highest BCUT2D eigenvalue weighted by molar-refractivity contribution is 9.10. The number of rotatable bonds is 6. The lowest BCUT2D eigenvalue weighted by molar-refractivity contribution is -0.137. The van der Waals surface area contributed by atoms with Gasteiger partial charge in [-0.3, -0.25) is 9.59 Å². The van der Waals surface area contributed by atoms with Crippen LogP contribution in [0, 0.1) is 0 Å². The third-order valence-electron chi connectivity index (χ3n) is 3.27. The van der Waals surface area contributed by atoms with Crippen LogP contribution >= 0.6 is 15.9 Å². The Morgan fingerprint density at radius 1 is 1.22 bits per heavy atom. The number of halogens is 1. The van der Waals surface area contributed by atoms with Crippen molar-refractivity contribution in [2.24, 2.45) is 0 Å². The number of fused-ring (bicyclic) bond motifs is 1. The van der Waals surface area contributed by atoms with Crippen LogP contribution < -0.4 is 9.47 Å². The maximum Gasteiger partial charge on any atom is 0.323 e. The molecule has 126 valence electrons. The maximum atomic E-state index is 12.7. The van der Waals surface area contributed by atoms with E-state index in [0.717, 1.165) is 0 Å². The van der Waals surface area contributed by atoms with E-state index in [1.165, 1.54) is 4.90 Å². The van der Waals surface area contributed by atoms with Crippen LogP contribution in [0.2, 0.25) is 0 Å². The topological polar surface area (TPSA) is 79.3 Å². The molecule has 1 amide bonds. The number of carboxylic acid groups (broad SMARTS) is 1.